The van der Waals surface area contributed by atoms with Crippen LogP contribution in [0.4, 0.5) is 0 Å². The van der Waals surface area contributed by atoms with E-state index in [4.69, 9.17) is 17.0 Å². The maximum Gasteiger partial charge on any atom is 0.356 e. The van der Waals surface area contributed by atoms with Gasteiger partial charge in [-0.1, -0.05) is 0 Å². The number of esters is 1. The number of nitrogens with one attached hydrogen (secondary N) is 2. The molecular weight excluding hydrogens is 204 g/mol. The molecule has 0 fully saturated rings. The molecule has 1 rings (SSSR count). The SMILES string of the molecule is COCCc1[nH]c(=S)[nH]c1C(=O)OC. The lowest BCUT2D eigenvalue weighted by Gasteiger charge is -2.00. The van der Waals surface area contributed by atoms with Gasteiger partial charge >= 0.3 is 5.97 Å². The number of imidazole rings is 1. The Kier molecular flexibility index (Phi) is 3.84. The molecule has 0 amide bonds. The molecule has 0 bridgehead atoms. The minimum Gasteiger partial charge on any atom is -0.464 e. The number of rotatable bonds is 4. The highest BCUT2D eigenvalue weighted by Crippen LogP contribution is 2.06. The van der Waals surface area contributed by atoms with Crippen LogP contribution in [0.25, 0.3) is 0 Å². The largest absolute Gasteiger partial charge is 0.464 e. The Labute approximate surface area is 86.4 Å². The zero-order valence-electron chi connectivity index (χ0n) is 8.05. The molecule has 0 atom stereocenters. The molecule has 78 valence electrons. The molecule has 0 aliphatic heterocycles. The molecule has 0 aromatic carbocycles. The molecule has 1 aromatic heterocycles. The Bertz CT molecular complexity index is 369. The monoisotopic (exact) mass is 216 g/mol. The maximum atomic E-state index is 11.3. The molecule has 6 heteroatoms. The van der Waals surface area contributed by atoms with Crippen molar-refractivity contribution in [2.75, 3.05) is 20.8 Å². The maximum absolute atomic E-state index is 11.3. The van der Waals surface area contributed by atoms with Gasteiger partial charge in [0.05, 0.1) is 19.4 Å². The van der Waals surface area contributed by atoms with Crippen molar-refractivity contribution in [3.05, 3.63) is 16.2 Å². The van der Waals surface area contributed by atoms with Crippen molar-refractivity contribution in [1.29, 1.82) is 0 Å². The van der Waals surface area contributed by atoms with Crippen LogP contribution in [0, 0.1) is 4.77 Å². The summed E-state index contributed by atoms with van der Waals surface area (Å²) >= 11 is 4.88. The highest BCUT2D eigenvalue weighted by Gasteiger charge is 2.13. The fourth-order valence-electron chi connectivity index (χ4n) is 1.09. The van der Waals surface area contributed by atoms with Gasteiger partial charge in [0.15, 0.2) is 4.77 Å². The van der Waals surface area contributed by atoms with Crippen LogP contribution < -0.4 is 0 Å². The van der Waals surface area contributed by atoms with Gasteiger partial charge < -0.3 is 19.4 Å². The standard InChI is InChI=1S/C8H12N2O3S/c1-12-4-3-5-6(7(11)13-2)10-8(14)9-5/h3-4H2,1-2H3,(H2,9,10,14). The summed E-state index contributed by atoms with van der Waals surface area (Å²) in [6.45, 7) is 0.521. The fraction of sp³-hybridized carbons (Fsp3) is 0.500. The molecule has 14 heavy (non-hydrogen) atoms. The average Bonchev–Trinajstić information content (AvgIpc) is 2.55. The lowest BCUT2D eigenvalue weighted by molar-refractivity contribution is 0.0593. The van der Waals surface area contributed by atoms with E-state index < -0.39 is 5.97 Å². The van der Waals surface area contributed by atoms with Gasteiger partial charge in [0.2, 0.25) is 0 Å². The quantitative estimate of drug-likeness (QED) is 0.583. The van der Waals surface area contributed by atoms with Gasteiger partial charge in [0.1, 0.15) is 5.69 Å². The second-order valence-corrected chi connectivity index (χ2v) is 3.08. The van der Waals surface area contributed by atoms with Crippen LogP contribution in [0.3, 0.4) is 0 Å². The van der Waals surface area contributed by atoms with E-state index in [0.29, 0.717) is 29.2 Å². The van der Waals surface area contributed by atoms with Gasteiger partial charge in [0.25, 0.3) is 0 Å². The van der Waals surface area contributed by atoms with Crippen LogP contribution >= 0.6 is 12.2 Å². The molecule has 0 saturated heterocycles. The first kappa shape index (κ1) is 10.9. The number of carbonyl (C=O) groups is 1. The summed E-state index contributed by atoms with van der Waals surface area (Å²) in [4.78, 5) is 16.9. The summed E-state index contributed by atoms with van der Waals surface area (Å²) in [7, 11) is 2.92. The predicted molar refractivity (Wildman–Crippen MR) is 52.9 cm³/mol. The number of carbonyl (C=O) groups excluding carboxylic acids is 1. The summed E-state index contributed by atoms with van der Waals surface area (Å²) in [5.41, 5.74) is 1.08. The summed E-state index contributed by atoms with van der Waals surface area (Å²) in [5.74, 6) is -0.427. The third-order valence-corrected chi connectivity index (χ3v) is 1.95. The summed E-state index contributed by atoms with van der Waals surface area (Å²) in [6, 6.07) is 0. The van der Waals surface area contributed by atoms with Crippen LogP contribution in [0.1, 0.15) is 16.2 Å². The van der Waals surface area contributed by atoms with Crippen molar-refractivity contribution < 1.29 is 14.3 Å². The van der Waals surface area contributed by atoms with Gasteiger partial charge in [-0.2, -0.15) is 0 Å². The molecule has 0 aliphatic rings. The summed E-state index contributed by atoms with van der Waals surface area (Å²) in [5, 5.41) is 0. The first-order valence-electron chi connectivity index (χ1n) is 4.07. The lowest BCUT2D eigenvalue weighted by atomic mass is 10.2. The second kappa shape index (κ2) is 4.92. The van der Waals surface area contributed by atoms with Crippen molar-refractivity contribution in [2.24, 2.45) is 0 Å². The molecule has 1 heterocycles. The molecule has 1 aromatic rings. The molecule has 2 N–H and O–H groups in total. The molecule has 0 saturated carbocycles. The Balaban J connectivity index is 2.91. The van der Waals surface area contributed by atoms with E-state index in [9.17, 15) is 4.79 Å². The Morgan fingerprint density at radius 2 is 2.14 bits per heavy atom. The number of aromatic amines is 2. The van der Waals surface area contributed by atoms with Gasteiger partial charge in [-0.05, 0) is 12.2 Å². The van der Waals surface area contributed by atoms with Crippen LogP contribution in [-0.2, 0) is 15.9 Å². The smallest absolute Gasteiger partial charge is 0.356 e. The van der Waals surface area contributed by atoms with E-state index in [0.717, 1.165) is 0 Å². The number of hydrogen-bond donors (Lipinski definition) is 2. The number of H-pyrrole nitrogens is 2. The first-order valence-corrected chi connectivity index (χ1v) is 4.48. The number of ether oxygens (including phenoxy) is 2. The second-order valence-electron chi connectivity index (χ2n) is 2.67. The molecule has 0 spiro atoms. The average molecular weight is 216 g/mol. The molecule has 5 nitrogen and oxygen atoms in total. The Hall–Kier alpha value is -1.14. The topological polar surface area (TPSA) is 67.1 Å². The molecule has 0 aliphatic carbocycles. The minimum atomic E-state index is -0.427. The molecular formula is C8H12N2O3S. The van der Waals surface area contributed by atoms with E-state index in [-0.39, 0.29) is 0 Å². The van der Waals surface area contributed by atoms with Crippen LogP contribution in [0.15, 0.2) is 0 Å². The van der Waals surface area contributed by atoms with E-state index in [1.165, 1.54) is 7.11 Å². The van der Waals surface area contributed by atoms with Crippen LogP contribution in [0.5, 0.6) is 0 Å². The van der Waals surface area contributed by atoms with Crippen molar-refractivity contribution in [3.8, 4) is 0 Å². The van der Waals surface area contributed by atoms with Crippen molar-refractivity contribution in [2.45, 2.75) is 6.42 Å². The van der Waals surface area contributed by atoms with E-state index in [1.54, 1.807) is 7.11 Å². The summed E-state index contributed by atoms with van der Waals surface area (Å²) in [6.07, 6.45) is 0.591. The Morgan fingerprint density at radius 1 is 1.43 bits per heavy atom. The van der Waals surface area contributed by atoms with Crippen molar-refractivity contribution >= 4 is 18.2 Å². The number of aromatic nitrogens is 2. The molecule has 0 radical (unpaired) electrons. The van der Waals surface area contributed by atoms with Crippen molar-refractivity contribution in [3.63, 3.8) is 0 Å². The van der Waals surface area contributed by atoms with Crippen LogP contribution in [-0.4, -0.2) is 36.8 Å². The van der Waals surface area contributed by atoms with Crippen molar-refractivity contribution in [1.82, 2.24) is 9.97 Å². The number of methoxy groups -OCH3 is 2. The third-order valence-electron chi connectivity index (χ3n) is 1.75. The van der Waals surface area contributed by atoms with Gasteiger partial charge in [-0.25, -0.2) is 4.79 Å². The molecule has 0 unspecified atom stereocenters. The zero-order valence-corrected chi connectivity index (χ0v) is 8.86. The van der Waals surface area contributed by atoms with Gasteiger partial charge in [-0.3, -0.25) is 0 Å². The highest BCUT2D eigenvalue weighted by atomic mass is 32.1. The first-order chi connectivity index (χ1) is 6.69. The summed E-state index contributed by atoms with van der Waals surface area (Å²) < 4.78 is 9.91. The lowest BCUT2D eigenvalue weighted by Crippen LogP contribution is -2.07. The predicted octanol–water partition coefficient (Wildman–Crippen LogP) is 1.05. The normalized spacial score (nSPS) is 10.1. The van der Waals surface area contributed by atoms with E-state index in [2.05, 4.69) is 14.7 Å². The van der Waals surface area contributed by atoms with Gasteiger partial charge in [-0.15, -0.1) is 0 Å². The fourth-order valence-corrected chi connectivity index (χ4v) is 1.31. The number of hydrogen-bond acceptors (Lipinski definition) is 4. The minimum absolute atomic E-state index is 0.370. The van der Waals surface area contributed by atoms with E-state index >= 15 is 0 Å². The highest BCUT2D eigenvalue weighted by molar-refractivity contribution is 7.71. The van der Waals surface area contributed by atoms with Gasteiger partial charge in [0, 0.05) is 13.5 Å². The Morgan fingerprint density at radius 3 is 2.71 bits per heavy atom. The third kappa shape index (κ3) is 2.43. The van der Waals surface area contributed by atoms with E-state index in [1.807, 2.05) is 0 Å². The van der Waals surface area contributed by atoms with Crippen LogP contribution in [0.2, 0.25) is 0 Å². The zero-order chi connectivity index (χ0) is 10.6.